The van der Waals surface area contributed by atoms with E-state index in [9.17, 15) is 0 Å². The lowest BCUT2D eigenvalue weighted by atomic mass is 10.2. The van der Waals surface area contributed by atoms with Crippen molar-refractivity contribution in [2.24, 2.45) is 0 Å². The highest BCUT2D eigenvalue weighted by molar-refractivity contribution is 7.80. The zero-order valence-electron chi connectivity index (χ0n) is 6.83. The fourth-order valence-electron chi connectivity index (χ4n) is 0.847. The minimum Gasteiger partial charge on any atom is -0.384 e. The fraction of sp³-hybridized carbons (Fsp3) is 0.222. The van der Waals surface area contributed by atoms with E-state index in [2.05, 4.69) is 29.5 Å². The first-order valence-corrected chi connectivity index (χ1v) is 4.20. The molecule has 0 saturated heterocycles. The maximum atomic E-state index is 5.48. The molecule has 0 aliphatic heterocycles. The molecule has 0 unspecified atom stereocenters. The monoisotopic (exact) mass is 178 g/mol. The lowest BCUT2D eigenvalue weighted by Crippen LogP contribution is -1.94. The number of nitrogens with zero attached hydrogens (tertiary/aromatic N) is 1. The number of aryl methyl sites for hydroxylation is 1. The van der Waals surface area contributed by atoms with Crippen LogP contribution in [0.2, 0.25) is 0 Å². The highest BCUT2D eigenvalue weighted by Gasteiger charge is 1.94. The van der Waals surface area contributed by atoms with Gasteiger partial charge in [0, 0.05) is 5.56 Å². The number of thiol groups is 1. The Morgan fingerprint density at radius 1 is 1.58 bits per heavy atom. The second-order valence-corrected chi connectivity index (χ2v) is 2.65. The molecule has 0 aromatic carbocycles. The van der Waals surface area contributed by atoms with Crippen LogP contribution in [0, 0.1) is 18.8 Å². The van der Waals surface area contributed by atoms with E-state index < -0.39 is 0 Å². The molecule has 3 heteroatoms. The average molecular weight is 178 g/mol. The summed E-state index contributed by atoms with van der Waals surface area (Å²) >= 11 is 3.99. The summed E-state index contributed by atoms with van der Waals surface area (Å²) in [6, 6.07) is 3.61. The predicted octanol–water partition coefficient (Wildman–Crippen LogP) is 1.25. The zero-order chi connectivity index (χ0) is 8.97. The SMILES string of the molecule is Cc1nc(N)ccc1C#CCS. The molecule has 0 saturated carbocycles. The third-order valence-corrected chi connectivity index (χ3v) is 1.57. The Morgan fingerprint density at radius 3 is 2.92 bits per heavy atom. The number of hydrogen-bond donors (Lipinski definition) is 2. The van der Waals surface area contributed by atoms with E-state index in [1.54, 1.807) is 6.07 Å². The van der Waals surface area contributed by atoms with Gasteiger partial charge in [0.05, 0.1) is 11.4 Å². The first kappa shape index (κ1) is 8.95. The lowest BCUT2D eigenvalue weighted by Gasteiger charge is -1.97. The summed E-state index contributed by atoms with van der Waals surface area (Å²) in [6.45, 7) is 1.89. The molecule has 2 nitrogen and oxygen atoms in total. The molecule has 0 amide bonds. The van der Waals surface area contributed by atoms with Crippen molar-refractivity contribution < 1.29 is 0 Å². The molecule has 0 spiro atoms. The molecule has 0 bridgehead atoms. The number of aromatic nitrogens is 1. The van der Waals surface area contributed by atoms with Crippen LogP contribution in [0.15, 0.2) is 12.1 Å². The minimum absolute atomic E-state index is 0.531. The topological polar surface area (TPSA) is 38.9 Å². The van der Waals surface area contributed by atoms with Gasteiger partial charge in [-0.3, -0.25) is 0 Å². The van der Waals surface area contributed by atoms with Crippen LogP contribution in [0.25, 0.3) is 0 Å². The van der Waals surface area contributed by atoms with E-state index in [4.69, 9.17) is 5.73 Å². The summed E-state index contributed by atoms with van der Waals surface area (Å²) in [7, 11) is 0. The van der Waals surface area contributed by atoms with Crippen molar-refractivity contribution in [3.63, 3.8) is 0 Å². The van der Waals surface area contributed by atoms with Gasteiger partial charge in [-0.25, -0.2) is 4.98 Å². The third kappa shape index (κ3) is 2.18. The second-order valence-electron chi connectivity index (χ2n) is 2.33. The van der Waals surface area contributed by atoms with Gasteiger partial charge in [0.15, 0.2) is 0 Å². The Labute approximate surface area is 77.6 Å². The van der Waals surface area contributed by atoms with Crippen molar-refractivity contribution in [2.45, 2.75) is 6.92 Å². The van der Waals surface area contributed by atoms with Gasteiger partial charge < -0.3 is 5.73 Å². The summed E-state index contributed by atoms with van der Waals surface area (Å²) in [5.41, 5.74) is 7.26. The number of rotatable bonds is 0. The van der Waals surface area contributed by atoms with E-state index in [0.717, 1.165) is 11.3 Å². The fourth-order valence-corrected chi connectivity index (χ4v) is 0.926. The van der Waals surface area contributed by atoms with Crippen LogP contribution < -0.4 is 5.73 Å². The number of anilines is 1. The molecular weight excluding hydrogens is 168 g/mol. The highest BCUT2D eigenvalue weighted by Crippen LogP contribution is 2.05. The van der Waals surface area contributed by atoms with Crippen LogP contribution in [0.3, 0.4) is 0 Å². The van der Waals surface area contributed by atoms with Gasteiger partial charge in [-0.15, -0.1) is 0 Å². The second kappa shape index (κ2) is 4.03. The molecule has 0 fully saturated rings. The van der Waals surface area contributed by atoms with E-state index in [-0.39, 0.29) is 0 Å². The lowest BCUT2D eigenvalue weighted by molar-refractivity contribution is 1.20. The van der Waals surface area contributed by atoms with Crippen molar-refractivity contribution in [1.29, 1.82) is 0 Å². The maximum Gasteiger partial charge on any atom is 0.123 e. The van der Waals surface area contributed by atoms with Crippen molar-refractivity contribution in [3.05, 3.63) is 23.4 Å². The minimum atomic E-state index is 0.531. The standard InChI is InChI=1S/C9H10N2S/c1-7-8(3-2-6-12)4-5-9(10)11-7/h4-5,12H,6H2,1H3,(H2,10,11). The third-order valence-electron chi connectivity index (χ3n) is 1.41. The van der Waals surface area contributed by atoms with Gasteiger partial charge in [-0.1, -0.05) is 11.8 Å². The van der Waals surface area contributed by atoms with Gasteiger partial charge in [-0.2, -0.15) is 12.6 Å². The van der Waals surface area contributed by atoms with Crippen molar-refractivity contribution >= 4 is 18.4 Å². The van der Waals surface area contributed by atoms with E-state index in [1.807, 2.05) is 13.0 Å². The van der Waals surface area contributed by atoms with E-state index >= 15 is 0 Å². The van der Waals surface area contributed by atoms with Crippen LogP contribution in [0.1, 0.15) is 11.3 Å². The quantitative estimate of drug-likeness (QED) is 0.463. The molecule has 62 valence electrons. The van der Waals surface area contributed by atoms with Crippen LogP contribution in [0.5, 0.6) is 0 Å². The Bertz CT molecular complexity index is 336. The first-order chi connectivity index (χ1) is 5.74. The highest BCUT2D eigenvalue weighted by atomic mass is 32.1. The molecule has 12 heavy (non-hydrogen) atoms. The average Bonchev–Trinajstić information content (AvgIpc) is 2.03. The van der Waals surface area contributed by atoms with Crippen LogP contribution in [-0.2, 0) is 0 Å². The summed E-state index contributed by atoms with van der Waals surface area (Å²) in [5, 5.41) is 0. The smallest absolute Gasteiger partial charge is 0.123 e. The van der Waals surface area contributed by atoms with Gasteiger partial charge in [0.2, 0.25) is 0 Å². The molecule has 1 heterocycles. The Balaban J connectivity index is 3.01. The zero-order valence-corrected chi connectivity index (χ0v) is 7.73. The number of hydrogen-bond acceptors (Lipinski definition) is 3. The molecular formula is C9H10N2S. The van der Waals surface area contributed by atoms with E-state index in [0.29, 0.717) is 11.6 Å². The molecule has 0 aliphatic rings. The van der Waals surface area contributed by atoms with Gasteiger partial charge in [-0.05, 0) is 19.1 Å². The summed E-state index contributed by atoms with van der Waals surface area (Å²) in [4.78, 5) is 4.08. The normalized spacial score (nSPS) is 8.83. The first-order valence-electron chi connectivity index (χ1n) is 3.57. The summed E-state index contributed by atoms with van der Waals surface area (Å²) in [6.07, 6.45) is 0. The van der Waals surface area contributed by atoms with Crippen LogP contribution >= 0.6 is 12.6 Å². The van der Waals surface area contributed by atoms with Crippen LogP contribution in [-0.4, -0.2) is 10.7 Å². The van der Waals surface area contributed by atoms with Crippen molar-refractivity contribution in [1.82, 2.24) is 4.98 Å². The molecule has 1 aromatic rings. The number of pyridine rings is 1. The predicted molar refractivity (Wildman–Crippen MR) is 54.1 cm³/mol. The Hall–Kier alpha value is -1.14. The maximum absolute atomic E-state index is 5.48. The largest absolute Gasteiger partial charge is 0.384 e. The molecule has 1 aromatic heterocycles. The van der Waals surface area contributed by atoms with Gasteiger partial charge >= 0.3 is 0 Å². The van der Waals surface area contributed by atoms with Gasteiger partial charge in [0.25, 0.3) is 0 Å². The molecule has 0 atom stereocenters. The van der Waals surface area contributed by atoms with E-state index in [1.165, 1.54) is 0 Å². The number of nitrogens with two attached hydrogens (primary N) is 1. The summed E-state index contributed by atoms with van der Waals surface area (Å²) in [5.74, 6) is 6.89. The van der Waals surface area contributed by atoms with Crippen molar-refractivity contribution in [2.75, 3.05) is 11.5 Å². The molecule has 0 aliphatic carbocycles. The molecule has 1 rings (SSSR count). The molecule has 0 radical (unpaired) electrons. The molecule has 2 N–H and O–H groups in total. The Kier molecular flexibility index (Phi) is 3.01. The van der Waals surface area contributed by atoms with Gasteiger partial charge in [0.1, 0.15) is 5.82 Å². The Morgan fingerprint density at radius 2 is 2.33 bits per heavy atom. The van der Waals surface area contributed by atoms with Crippen molar-refractivity contribution in [3.8, 4) is 11.8 Å². The number of nitrogen functional groups attached to an aromatic ring is 1. The summed E-state index contributed by atoms with van der Waals surface area (Å²) < 4.78 is 0. The van der Waals surface area contributed by atoms with Crippen LogP contribution in [0.4, 0.5) is 5.82 Å².